The summed E-state index contributed by atoms with van der Waals surface area (Å²) in [7, 11) is -3.00. The van der Waals surface area contributed by atoms with E-state index in [2.05, 4.69) is 15.3 Å². The van der Waals surface area contributed by atoms with Crippen molar-refractivity contribution in [1.82, 2.24) is 9.78 Å². The molecular formula is C19H24N4O3S. The second-order valence-corrected chi connectivity index (χ2v) is 9.60. The molecule has 0 bridgehead atoms. The van der Waals surface area contributed by atoms with Crippen molar-refractivity contribution >= 4 is 27.1 Å². The van der Waals surface area contributed by atoms with Gasteiger partial charge < -0.3 is 10.2 Å². The van der Waals surface area contributed by atoms with Crippen LogP contribution in [0, 0.1) is 6.92 Å². The van der Waals surface area contributed by atoms with Crippen molar-refractivity contribution in [2.24, 2.45) is 0 Å². The number of carbonyl (C=O) groups excluding carboxylic acids is 1. The Morgan fingerprint density at radius 2 is 1.89 bits per heavy atom. The van der Waals surface area contributed by atoms with Crippen molar-refractivity contribution in [3.63, 3.8) is 0 Å². The molecule has 1 aromatic carbocycles. The second-order valence-electron chi connectivity index (χ2n) is 7.37. The monoisotopic (exact) mass is 388 g/mol. The molecule has 2 fully saturated rings. The molecule has 1 unspecified atom stereocenters. The van der Waals surface area contributed by atoms with Gasteiger partial charge >= 0.3 is 0 Å². The molecule has 144 valence electrons. The molecule has 2 saturated heterocycles. The summed E-state index contributed by atoms with van der Waals surface area (Å²) in [6.45, 7) is 4.01. The molecular weight excluding hydrogens is 364 g/mol. The lowest BCUT2D eigenvalue weighted by atomic mass is 10.2. The Bertz CT molecular complexity index is 944. The quantitative estimate of drug-likeness (QED) is 0.869. The van der Waals surface area contributed by atoms with Crippen LogP contribution >= 0.6 is 0 Å². The van der Waals surface area contributed by atoms with Crippen molar-refractivity contribution in [2.75, 3.05) is 34.8 Å². The molecule has 1 atom stereocenters. The van der Waals surface area contributed by atoms with E-state index in [0.29, 0.717) is 12.1 Å². The zero-order valence-electron chi connectivity index (χ0n) is 15.4. The van der Waals surface area contributed by atoms with Crippen LogP contribution in [0.2, 0.25) is 0 Å². The number of nitrogens with zero attached hydrogens (tertiary/aromatic N) is 3. The molecule has 0 spiro atoms. The number of nitrogens with one attached hydrogen (secondary N) is 1. The van der Waals surface area contributed by atoms with Gasteiger partial charge in [-0.25, -0.2) is 8.42 Å². The number of benzene rings is 1. The Morgan fingerprint density at radius 1 is 1.19 bits per heavy atom. The van der Waals surface area contributed by atoms with Gasteiger partial charge in [0.05, 0.1) is 17.5 Å². The summed E-state index contributed by atoms with van der Waals surface area (Å²) in [5.41, 5.74) is 3.00. The van der Waals surface area contributed by atoms with E-state index < -0.39 is 9.84 Å². The third-order valence-corrected chi connectivity index (χ3v) is 7.06. The van der Waals surface area contributed by atoms with Crippen LogP contribution in [-0.2, 0) is 9.84 Å². The summed E-state index contributed by atoms with van der Waals surface area (Å²) in [6, 6.07) is 9.37. The van der Waals surface area contributed by atoms with E-state index in [0.717, 1.165) is 24.5 Å². The summed E-state index contributed by atoms with van der Waals surface area (Å²) in [6.07, 6.45) is 3.00. The number of sulfone groups is 1. The number of amides is 1. The normalized spacial score (nSPS) is 21.5. The van der Waals surface area contributed by atoms with Crippen LogP contribution < -0.4 is 10.2 Å². The maximum Gasteiger partial charge on any atom is 0.276 e. The average molecular weight is 388 g/mol. The molecule has 2 aromatic rings. The fourth-order valence-electron chi connectivity index (χ4n) is 3.86. The largest absolute Gasteiger partial charge is 0.372 e. The van der Waals surface area contributed by atoms with Crippen LogP contribution in [0.3, 0.4) is 0 Å². The van der Waals surface area contributed by atoms with Gasteiger partial charge in [-0.05, 0) is 56.5 Å². The number of hydrogen-bond acceptors (Lipinski definition) is 5. The van der Waals surface area contributed by atoms with Gasteiger partial charge in [0.1, 0.15) is 0 Å². The Morgan fingerprint density at radius 3 is 2.52 bits per heavy atom. The van der Waals surface area contributed by atoms with Gasteiger partial charge in [0, 0.05) is 30.2 Å². The molecule has 7 nitrogen and oxygen atoms in total. The lowest BCUT2D eigenvalue weighted by Gasteiger charge is -2.17. The molecule has 8 heteroatoms. The van der Waals surface area contributed by atoms with E-state index in [1.165, 1.54) is 18.5 Å². The first kappa shape index (κ1) is 18.0. The lowest BCUT2D eigenvalue weighted by molar-refractivity contribution is 0.102. The molecule has 1 aromatic heterocycles. The number of hydrogen-bond donors (Lipinski definition) is 1. The summed E-state index contributed by atoms with van der Waals surface area (Å²) in [5.74, 6) is -0.0113. The summed E-state index contributed by atoms with van der Waals surface area (Å²) >= 11 is 0. The standard InChI is InChI=1S/C19H24N4O3S/c1-14-12-18(21-23(14)17-8-11-27(25,26)13-17)19(24)20-15-4-6-16(7-5-15)22-9-2-3-10-22/h4-7,12,17H,2-3,8-11,13H2,1H3,(H,20,24). The minimum Gasteiger partial charge on any atom is -0.372 e. The lowest BCUT2D eigenvalue weighted by Crippen LogP contribution is -2.18. The molecule has 1 N–H and O–H groups in total. The van der Waals surface area contributed by atoms with Gasteiger partial charge in [-0.3, -0.25) is 9.48 Å². The summed E-state index contributed by atoms with van der Waals surface area (Å²) in [5, 5.41) is 7.24. The molecule has 2 aliphatic rings. The predicted octanol–water partition coefficient (Wildman–Crippen LogP) is 2.40. The maximum atomic E-state index is 12.5. The Labute approximate surface area is 159 Å². The third-order valence-electron chi connectivity index (χ3n) is 5.31. The predicted molar refractivity (Wildman–Crippen MR) is 105 cm³/mol. The van der Waals surface area contributed by atoms with E-state index in [4.69, 9.17) is 0 Å². The highest BCUT2D eigenvalue weighted by atomic mass is 32.2. The average Bonchev–Trinajstić information content (AvgIpc) is 3.35. The number of anilines is 2. The van der Waals surface area contributed by atoms with Gasteiger partial charge in [0.2, 0.25) is 0 Å². The van der Waals surface area contributed by atoms with E-state index in [1.54, 1.807) is 10.7 Å². The molecule has 4 rings (SSSR count). The van der Waals surface area contributed by atoms with Gasteiger partial charge in [0.25, 0.3) is 5.91 Å². The van der Waals surface area contributed by atoms with Gasteiger partial charge in [-0.1, -0.05) is 0 Å². The van der Waals surface area contributed by atoms with Crippen LogP contribution in [0.15, 0.2) is 30.3 Å². The third kappa shape index (κ3) is 3.85. The van der Waals surface area contributed by atoms with Crippen LogP contribution in [0.25, 0.3) is 0 Å². The van der Waals surface area contributed by atoms with Crippen LogP contribution in [-0.4, -0.2) is 48.7 Å². The smallest absolute Gasteiger partial charge is 0.276 e. The molecule has 2 aliphatic heterocycles. The van der Waals surface area contributed by atoms with Gasteiger partial charge in [-0.15, -0.1) is 0 Å². The Hall–Kier alpha value is -2.35. The molecule has 1 amide bonds. The fraction of sp³-hybridized carbons (Fsp3) is 0.474. The minimum atomic E-state index is -3.00. The number of carbonyl (C=O) groups is 1. The minimum absolute atomic E-state index is 0.0918. The summed E-state index contributed by atoms with van der Waals surface area (Å²) in [4.78, 5) is 14.9. The highest BCUT2D eigenvalue weighted by Crippen LogP contribution is 2.25. The van der Waals surface area contributed by atoms with E-state index >= 15 is 0 Å². The van der Waals surface area contributed by atoms with Crippen molar-refractivity contribution in [3.8, 4) is 0 Å². The Kier molecular flexibility index (Phi) is 4.67. The first-order valence-corrected chi connectivity index (χ1v) is 11.2. The van der Waals surface area contributed by atoms with Crippen LogP contribution in [0.1, 0.15) is 41.5 Å². The molecule has 0 radical (unpaired) electrons. The molecule has 27 heavy (non-hydrogen) atoms. The Balaban J connectivity index is 1.45. The van der Waals surface area contributed by atoms with E-state index in [1.807, 2.05) is 31.2 Å². The summed E-state index contributed by atoms with van der Waals surface area (Å²) < 4.78 is 25.1. The fourth-order valence-corrected chi connectivity index (χ4v) is 5.55. The highest BCUT2D eigenvalue weighted by Gasteiger charge is 2.31. The second kappa shape index (κ2) is 6.99. The van der Waals surface area contributed by atoms with Crippen molar-refractivity contribution in [2.45, 2.75) is 32.2 Å². The number of rotatable bonds is 4. The topological polar surface area (TPSA) is 84.3 Å². The zero-order valence-corrected chi connectivity index (χ0v) is 16.2. The van der Waals surface area contributed by atoms with E-state index in [-0.39, 0.29) is 23.5 Å². The van der Waals surface area contributed by atoms with Crippen LogP contribution in [0.4, 0.5) is 11.4 Å². The van der Waals surface area contributed by atoms with Crippen molar-refractivity contribution in [3.05, 3.63) is 41.7 Å². The SMILES string of the molecule is Cc1cc(C(=O)Nc2ccc(N3CCCC3)cc2)nn1C1CCS(=O)(=O)C1. The van der Waals surface area contributed by atoms with Gasteiger partial charge in [0.15, 0.2) is 15.5 Å². The number of aromatic nitrogens is 2. The molecule has 3 heterocycles. The first-order chi connectivity index (χ1) is 12.9. The van der Waals surface area contributed by atoms with Crippen molar-refractivity contribution in [1.29, 1.82) is 0 Å². The zero-order chi connectivity index (χ0) is 19.0. The first-order valence-electron chi connectivity index (χ1n) is 9.34. The van der Waals surface area contributed by atoms with Gasteiger partial charge in [-0.2, -0.15) is 5.10 Å². The van der Waals surface area contributed by atoms with E-state index in [9.17, 15) is 13.2 Å². The van der Waals surface area contributed by atoms with Crippen molar-refractivity contribution < 1.29 is 13.2 Å². The molecule has 0 aliphatic carbocycles. The van der Waals surface area contributed by atoms with Crippen LogP contribution in [0.5, 0.6) is 0 Å². The highest BCUT2D eigenvalue weighted by molar-refractivity contribution is 7.91. The number of aryl methyl sites for hydroxylation is 1. The molecule has 0 saturated carbocycles. The maximum absolute atomic E-state index is 12.5.